The molecule has 2 aliphatic carbocycles. The van der Waals surface area contributed by atoms with Crippen LogP contribution in [0.25, 0.3) is 0 Å². The smallest absolute Gasteiger partial charge is 0.249 e. The van der Waals surface area contributed by atoms with Crippen LogP contribution in [0, 0.1) is 5.92 Å². The molecule has 116 valence electrons. The van der Waals surface area contributed by atoms with Gasteiger partial charge in [0.1, 0.15) is 11.1 Å². The fourth-order valence-corrected chi connectivity index (χ4v) is 4.56. The SMILES string of the molecule is CC1(C2CC2)C(=O)NC2(CCCC2)C(=O)N1C1CCOC1. The summed E-state index contributed by atoms with van der Waals surface area (Å²) < 4.78 is 5.51. The molecule has 0 aromatic heterocycles. The van der Waals surface area contributed by atoms with Crippen molar-refractivity contribution in [2.75, 3.05) is 13.2 Å². The van der Waals surface area contributed by atoms with Crippen LogP contribution < -0.4 is 5.32 Å². The minimum absolute atomic E-state index is 0.0680. The molecule has 4 rings (SSSR count). The fraction of sp³-hybridized carbons (Fsp3) is 0.875. The number of hydrogen-bond donors (Lipinski definition) is 1. The van der Waals surface area contributed by atoms with Gasteiger partial charge in [0.05, 0.1) is 12.6 Å². The first kappa shape index (κ1) is 13.6. The average Bonchev–Trinajstić information content (AvgIpc) is 2.99. The minimum Gasteiger partial charge on any atom is -0.379 e. The number of piperazine rings is 1. The monoisotopic (exact) mass is 292 g/mol. The van der Waals surface area contributed by atoms with Crippen LogP contribution in [0.1, 0.15) is 51.9 Å². The zero-order valence-corrected chi connectivity index (χ0v) is 12.7. The summed E-state index contributed by atoms with van der Waals surface area (Å²) in [4.78, 5) is 28.2. The molecule has 5 heteroatoms. The highest BCUT2D eigenvalue weighted by Crippen LogP contribution is 2.49. The van der Waals surface area contributed by atoms with Gasteiger partial charge in [-0.3, -0.25) is 9.59 Å². The predicted octanol–water partition coefficient (Wildman–Crippen LogP) is 1.22. The lowest BCUT2D eigenvalue weighted by Crippen LogP contribution is -2.76. The summed E-state index contributed by atoms with van der Waals surface area (Å²) in [6.07, 6.45) is 6.60. The average molecular weight is 292 g/mol. The van der Waals surface area contributed by atoms with Crippen molar-refractivity contribution in [1.82, 2.24) is 10.2 Å². The molecule has 0 radical (unpaired) electrons. The van der Waals surface area contributed by atoms with Crippen molar-refractivity contribution in [2.45, 2.75) is 69.0 Å². The normalized spacial score (nSPS) is 39.1. The summed E-state index contributed by atoms with van der Waals surface area (Å²) in [7, 11) is 0. The highest BCUT2D eigenvalue weighted by atomic mass is 16.5. The Hall–Kier alpha value is -1.10. The summed E-state index contributed by atoms with van der Waals surface area (Å²) in [6, 6.07) is 0.0756. The Morgan fingerprint density at radius 2 is 1.90 bits per heavy atom. The Morgan fingerprint density at radius 3 is 2.48 bits per heavy atom. The zero-order valence-electron chi connectivity index (χ0n) is 12.7. The van der Waals surface area contributed by atoms with E-state index >= 15 is 0 Å². The number of nitrogens with one attached hydrogen (secondary N) is 1. The van der Waals surface area contributed by atoms with Crippen molar-refractivity contribution in [1.29, 1.82) is 0 Å². The third-order valence-corrected chi connectivity index (χ3v) is 6.04. The van der Waals surface area contributed by atoms with Gasteiger partial charge in [-0.1, -0.05) is 12.8 Å². The summed E-state index contributed by atoms with van der Waals surface area (Å²) in [5.74, 6) is 0.545. The van der Waals surface area contributed by atoms with E-state index in [0.29, 0.717) is 19.1 Å². The Kier molecular flexibility index (Phi) is 2.87. The van der Waals surface area contributed by atoms with Crippen LogP contribution in [0.5, 0.6) is 0 Å². The van der Waals surface area contributed by atoms with Crippen LogP contribution >= 0.6 is 0 Å². The second kappa shape index (κ2) is 4.45. The molecular formula is C16H24N2O3. The highest BCUT2D eigenvalue weighted by Gasteiger charge is 2.63. The van der Waals surface area contributed by atoms with Gasteiger partial charge in [0.15, 0.2) is 0 Å². The van der Waals surface area contributed by atoms with Crippen LogP contribution in [-0.4, -0.2) is 47.0 Å². The van der Waals surface area contributed by atoms with Crippen LogP contribution in [-0.2, 0) is 14.3 Å². The predicted molar refractivity (Wildman–Crippen MR) is 76.5 cm³/mol. The minimum atomic E-state index is -0.663. The van der Waals surface area contributed by atoms with Gasteiger partial charge >= 0.3 is 0 Å². The molecule has 0 bridgehead atoms. The Balaban J connectivity index is 1.74. The van der Waals surface area contributed by atoms with Crippen molar-refractivity contribution in [3.05, 3.63) is 0 Å². The van der Waals surface area contributed by atoms with Gasteiger partial charge < -0.3 is 15.0 Å². The van der Waals surface area contributed by atoms with Crippen LogP contribution in [0.2, 0.25) is 0 Å². The molecule has 4 aliphatic rings. The summed E-state index contributed by atoms with van der Waals surface area (Å²) in [6.45, 7) is 3.25. The van der Waals surface area contributed by atoms with Crippen molar-refractivity contribution < 1.29 is 14.3 Å². The van der Waals surface area contributed by atoms with Crippen molar-refractivity contribution >= 4 is 11.8 Å². The van der Waals surface area contributed by atoms with E-state index in [9.17, 15) is 9.59 Å². The second-order valence-corrected chi connectivity index (χ2v) is 7.36. The third-order valence-electron chi connectivity index (χ3n) is 6.04. The van der Waals surface area contributed by atoms with Crippen molar-refractivity contribution in [2.24, 2.45) is 5.92 Å². The van der Waals surface area contributed by atoms with Gasteiger partial charge in [-0.25, -0.2) is 0 Å². The van der Waals surface area contributed by atoms with Gasteiger partial charge in [0.2, 0.25) is 11.8 Å². The van der Waals surface area contributed by atoms with Crippen LogP contribution in [0.4, 0.5) is 0 Å². The lowest BCUT2D eigenvalue weighted by Gasteiger charge is -2.52. The van der Waals surface area contributed by atoms with E-state index in [2.05, 4.69) is 5.32 Å². The molecule has 2 atom stereocenters. The second-order valence-electron chi connectivity index (χ2n) is 7.36. The van der Waals surface area contributed by atoms with E-state index in [1.807, 2.05) is 11.8 Å². The Bertz CT molecular complexity index is 476. The standard InChI is InChI=1S/C16H24N2O3/c1-15(11-4-5-11)13(19)17-16(7-2-3-8-16)14(20)18(15)12-6-9-21-10-12/h11-12H,2-10H2,1H3,(H,17,19). The van der Waals surface area contributed by atoms with Gasteiger partial charge in [-0.2, -0.15) is 0 Å². The van der Waals surface area contributed by atoms with Gasteiger partial charge in [-0.15, -0.1) is 0 Å². The van der Waals surface area contributed by atoms with Crippen molar-refractivity contribution in [3.8, 4) is 0 Å². The van der Waals surface area contributed by atoms with Crippen LogP contribution in [0.15, 0.2) is 0 Å². The number of carbonyl (C=O) groups is 2. The molecule has 5 nitrogen and oxygen atoms in total. The summed E-state index contributed by atoms with van der Waals surface area (Å²) in [5, 5.41) is 3.14. The Labute approximate surface area is 125 Å². The lowest BCUT2D eigenvalue weighted by atomic mass is 9.80. The summed E-state index contributed by atoms with van der Waals surface area (Å²) >= 11 is 0. The number of rotatable bonds is 2. The molecule has 0 aromatic carbocycles. The maximum Gasteiger partial charge on any atom is 0.249 e. The number of amides is 2. The fourth-order valence-electron chi connectivity index (χ4n) is 4.56. The van der Waals surface area contributed by atoms with Gasteiger partial charge in [-0.05, 0) is 44.9 Å². The molecule has 2 aliphatic heterocycles. The van der Waals surface area contributed by atoms with E-state index in [4.69, 9.17) is 4.74 Å². The van der Waals surface area contributed by atoms with E-state index in [-0.39, 0.29) is 17.9 Å². The maximum absolute atomic E-state index is 13.3. The molecular weight excluding hydrogens is 268 g/mol. The number of nitrogens with zero attached hydrogens (tertiary/aromatic N) is 1. The largest absolute Gasteiger partial charge is 0.379 e. The molecule has 4 fully saturated rings. The maximum atomic E-state index is 13.3. The van der Waals surface area contributed by atoms with Crippen LogP contribution in [0.3, 0.4) is 0 Å². The van der Waals surface area contributed by atoms with E-state index in [1.54, 1.807) is 0 Å². The molecule has 21 heavy (non-hydrogen) atoms. The number of hydrogen-bond acceptors (Lipinski definition) is 3. The molecule has 0 aromatic rings. The van der Waals surface area contributed by atoms with Gasteiger partial charge in [0, 0.05) is 6.61 Å². The highest BCUT2D eigenvalue weighted by molar-refractivity contribution is 6.03. The van der Waals surface area contributed by atoms with E-state index < -0.39 is 11.1 Å². The molecule has 2 saturated carbocycles. The molecule has 1 spiro atoms. The molecule has 2 saturated heterocycles. The first-order valence-electron chi connectivity index (χ1n) is 8.32. The molecule has 2 heterocycles. The molecule has 1 N–H and O–H groups in total. The molecule has 2 amide bonds. The quantitative estimate of drug-likeness (QED) is 0.832. The number of ether oxygens (including phenoxy) is 1. The van der Waals surface area contributed by atoms with Crippen molar-refractivity contribution in [3.63, 3.8) is 0 Å². The van der Waals surface area contributed by atoms with E-state index in [1.165, 1.54) is 0 Å². The molecule has 2 unspecified atom stereocenters. The topological polar surface area (TPSA) is 58.6 Å². The lowest BCUT2D eigenvalue weighted by molar-refractivity contribution is -0.167. The first-order chi connectivity index (χ1) is 10.1. The Morgan fingerprint density at radius 1 is 1.19 bits per heavy atom. The summed E-state index contributed by atoms with van der Waals surface area (Å²) in [5.41, 5.74) is -1.28. The zero-order chi connectivity index (χ0) is 14.7. The first-order valence-corrected chi connectivity index (χ1v) is 8.32. The van der Waals surface area contributed by atoms with E-state index in [0.717, 1.165) is 44.9 Å². The number of carbonyl (C=O) groups excluding carboxylic acids is 2. The third kappa shape index (κ3) is 1.79. The van der Waals surface area contributed by atoms with Gasteiger partial charge in [0.25, 0.3) is 0 Å².